The molecule has 2 rings (SSSR count). The number of methoxy groups -OCH3 is 1. The van der Waals surface area contributed by atoms with Crippen molar-refractivity contribution in [2.75, 3.05) is 38.4 Å². The molecule has 102 valence electrons. The average molecular weight is 279 g/mol. The Kier molecular flexibility index (Phi) is 4.81. The minimum atomic E-state index is -0.160. The zero-order valence-electron chi connectivity index (χ0n) is 11.0. The number of thioether (sulfide) groups is 1. The van der Waals surface area contributed by atoms with Crippen LogP contribution in [0.25, 0.3) is 0 Å². The standard InChI is InChI=1S/C13H17N3O2S/c1-16-7-8-19-13(16)15-11-5-3-10(4-6-11)14-12(17)9-18-2/h3-6H,7-9H2,1-2H3,(H,14,17). The van der Waals surface area contributed by atoms with Gasteiger partial charge in [-0.1, -0.05) is 11.8 Å². The summed E-state index contributed by atoms with van der Waals surface area (Å²) >= 11 is 1.76. The van der Waals surface area contributed by atoms with Gasteiger partial charge in [0.05, 0.1) is 5.69 Å². The second-order valence-electron chi connectivity index (χ2n) is 4.19. The van der Waals surface area contributed by atoms with Crippen LogP contribution in [0.5, 0.6) is 0 Å². The minimum Gasteiger partial charge on any atom is -0.375 e. The van der Waals surface area contributed by atoms with Crippen LogP contribution in [-0.2, 0) is 9.53 Å². The lowest BCUT2D eigenvalue weighted by molar-refractivity contribution is -0.119. The first-order chi connectivity index (χ1) is 9.19. The smallest absolute Gasteiger partial charge is 0.250 e. The Hall–Kier alpha value is -1.53. The van der Waals surface area contributed by atoms with Crippen LogP contribution in [0.3, 0.4) is 0 Å². The normalized spacial score (nSPS) is 16.9. The molecule has 0 unspecified atom stereocenters. The number of ether oxygens (including phenoxy) is 1. The van der Waals surface area contributed by atoms with E-state index in [1.165, 1.54) is 7.11 Å². The number of hydrogen-bond donors (Lipinski definition) is 1. The van der Waals surface area contributed by atoms with Crippen molar-refractivity contribution < 1.29 is 9.53 Å². The summed E-state index contributed by atoms with van der Waals surface area (Å²) in [6.45, 7) is 1.10. The maximum absolute atomic E-state index is 11.3. The number of carbonyl (C=O) groups is 1. The summed E-state index contributed by atoms with van der Waals surface area (Å²) in [5, 5.41) is 3.78. The molecule has 0 saturated carbocycles. The summed E-state index contributed by atoms with van der Waals surface area (Å²) in [6, 6.07) is 7.46. The summed E-state index contributed by atoms with van der Waals surface area (Å²) in [6.07, 6.45) is 0. The number of nitrogens with one attached hydrogen (secondary N) is 1. The van der Waals surface area contributed by atoms with Gasteiger partial charge in [-0.05, 0) is 24.3 Å². The van der Waals surface area contributed by atoms with E-state index in [-0.39, 0.29) is 12.5 Å². The Morgan fingerprint density at radius 2 is 2.21 bits per heavy atom. The third-order valence-electron chi connectivity index (χ3n) is 2.64. The van der Waals surface area contributed by atoms with Crippen LogP contribution in [0.4, 0.5) is 11.4 Å². The van der Waals surface area contributed by atoms with Crippen LogP contribution >= 0.6 is 11.8 Å². The first-order valence-corrected chi connectivity index (χ1v) is 6.99. The van der Waals surface area contributed by atoms with Crippen molar-refractivity contribution in [2.45, 2.75) is 0 Å². The third kappa shape index (κ3) is 3.97. The van der Waals surface area contributed by atoms with Gasteiger partial charge < -0.3 is 15.0 Å². The Morgan fingerprint density at radius 1 is 1.47 bits per heavy atom. The molecule has 1 fully saturated rings. The molecule has 6 heteroatoms. The predicted octanol–water partition coefficient (Wildman–Crippen LogP) is 1.94. The summed E-state index contributed by atoms with van der Waals surface area (Å²) in [7, 11) is 3.53. The number of nitrogens with zero attached hydrogens (tertiary/aromatic N) is 2. The molecule has 1 N–H and O–H groups in total. The second-order valence-corrected chi connectivity index (χ2v) is 5.25. The van der Waals surface area contributed by atoms with Crippen LogP contribution in [0, 0.1) is 0 Å². The summed E-state index contributed by atoms with van der Waals surface area (Å²) < 4.78 is 4.76. The average Bonchev–Trinajstić information content (AvgIpc) is 2.78. The van der Waals surface area contributed by atoms with Crippen LogP contribution in [0.15, 0.2) is 29.3 Å². The maximum atomic E-state index is 11.3. The van der Waals surface area contributed by atoms with E-state index in [4.69, 9.17) is 4.74 Å². The predicted molar refractivity (Wildman–Crippen MR) is 79.1 cm³/mol. The number of hydrogen-bond acceptors (Lipinski definition) is 4. The van der Waals surface area contributed by atoms with E-state index in [9.17, 15) is 4.79 Å². The van der Waals surface area contributed by atoms with Crippen LogP contribution in [0.2, 0.25) is 0 Å². The second kappa shape index (κ2) is 6.58. The Labute approximate surface area is 117 Å². The lowest BCUT2D eigenvalue weighted by atomic mass is 10.3. The molecule has 1 heterocycles. The molecule has 0 radical (unpaired) electrons. The van der Waals surface area contributed by atoms with Gasteiger partial charge in [0.25, 0.3) is 0 Å². The molecular formula is C13H17N3O2S. The SMILES string of the molecule is COCC(=O)Nc1ccc(N=C2SCCN2C)cc1. The van der Waals surface area contributed by atoms with E-state index in [1.807, 2.05) is 31.3 Å². The fraction of sp³-hybridized carbons (Fsp3) is 0.385. The zero-order valence-corrected chi connectivity index (χ0v) is 11.9. The highest BCUT2D eigenvalue weighted by Crippen LogP contribution is 2.22. The minimum absolute atomic E-state index is 0.0610. The monoisotopic (exact) mass is 279 g/mol. The molecule has 0 aromatic heterocycles. The van der Waals surface area contributed by atoms with Gasteiger partial charge in [-0.25, -0.2) is 4.99 Å². The first-order valence-electron chi connectivity index (χ1n) is 6.00. The quantitative estimate of drug-likeness (QED) is 0.915. The molecule has 0 atom stereocenters. The first kappa shape index (κ1) is 13.9. The van der Waals surface area contributed by atoms with E-state index < -0.39 is 0 Å². The lowest BCUT2D eigenvalue weighted by Gasteiger charge is -2.09. The highest BCUT2D eigenvalue weighted by Gasteiger charge is 2.14. The number of amidine groups is 1. The highest BCUT2D eigenvalue weighted by molar-refractivity contribution is 8.14. The molecule has 1 aliphatic rings. The van der Waals surface area contributed by atoms with E-state index in [0.29, 0.717) is 0 Å². The van der Waals surface area contributed by atoms with Crippen molar-refractivity contribution in [3.63, 3.8) is 0 Å². The number of aliphatic imine (C=N–C) groups is 1. The van der Waals surface area contributed by atoms with Gasteiger partial charge in [0.2, 0.25) is 5.91 Å². The fourth-order valence-corrected chi connectivity index (χ4v) is 2.68. The molecule has 0 bridgehead atoms. The zero-order chi connectivity index (χ0) is 13.7. The summed E-state index contributed by atoms with van der Waals surface area (Å²) in [5.74, 6) is 0.924. The van der Waals surface area contributed by atoms with Gasteiger partial charge in [0, 0.05) is 32.1 Å². The van der Waals surface area contributed by atoms with E-state index in [1.54, 1.807) is 11.8 Å². The fourth-order valence-electron chi connectivity index (χ4n) is 1.66. The van der Waals surface area contributed by atoms with Crippen LogP contribution < -0.4 is 5.32 Å². The van der Waals surface area contributed by atoms with Crippen LogP contribution in [-0.4, -0.2) is 49.0 Å². The molecule has 1 aliphatic heterocycles. The Morgan fingerprint density at radius 3 is 2.79 bits per heavy atom. The third-order valence-corrected chi connectivity index (χ3v) is 3.68. The summed E-state index contributed by atoms with van der Waals surface area (Å²) in [5.41, 5.74) is 1.64. The van der Waals surface area contributed by atoms with E-state index in [0.717, 1.165) is 28.8 Å². The molecule has 0 spiro atoms. The topological polar surface area (TPSA) is 53.9 Å². The number of anilines is 1. The molecule has 19 heavy (non-hydrogen) atoms. The van der Waals surface area contributed by atoms with Gasteiger partial charge in [-0.15, -0.1) is 0 Å². The number of rotatable bonds is 4. The van der Waals surface area contributed by atoms with Crippen molar-refractivity contribution in [3.05, 3.63) is 24.3 Å². The Bertz CT molecular complexity index is 473. The molecule has 1 aromatic carbocycles. The van der Waals surface area contributed by atoms with Gasteiger partial charge >= 0.3 is 0 Å². The summed E-state index contributed by atoms with van der Waals surface area (Å²) in [4.78, 5) is 18.0. The van der Waals surface area contributed by atoms with Gasteiger partial charge in [-0.2, -0.15) is 0 Å². The number of amides is 1. The molecule has 0 aliphatic carbocycles. The maximum Gasteiger partial charge on any atom is 0.250 e. The highest BCUT2D eigenvalue weighted by atomic mass is 32.2. The molecule has 1 saturated heterocycles. The molecule has 1 aromatic rings. The van der Waals surface area contributed by atoms with Gasteiger partial charge in [0.1, 0.15) is 6.61 Å². The molecular weight excluding hydrogens is 262 g/mol. The van der Waals surface area contributed by atoms with E-state index in [2.05, 4.69) is 15.2 Å². The Balaban J connectivity index is 2.00. The lowest BCUT2D eigenvalue weighted by Crippen LogP contribution is -2.17. The van der Waals surface area contributed by atoms with Crippen molar-refractivity contribution in [1.82, 2.24) is 4.90 Å². The molecule has 1 amide bonds. The van der Waals surface area contributed by atoms with Gasteiger partial charge in [0.15, 0.2) is 5.17 Å². The van der Waals surface area contributed by atoms with Gasteiger partial charge in [-0.3, -0.25) is 4.79 Å². The van der Waals surface area contributed by atoms with Crippen molar-refractivity contribution in [2.24, 2.45) is 4.99 Å². The van der Waals surface area contributed by atoms with Crippen LogP contribution in [0.1, 0.15) is 0 Å². The van der Waals surface area contributed by atoms with Crippen molar-refractivity contribution in [1.29, 1.82) is 0 Å². The number of benzene rings is 1. The largest absolute Gasteiger partial charge is 0.375 e. The number of carbonyl (C=O) groups excluding carboxylic acids is 1. The molecule has 5 nitrogen and oxygen atoms in total. The van der Waals surface area contributed by atoms with E-state index >= 15 is 0 Å². The van der Waals surface area contributed by atoms with Crippen molar-refractivity contribution >= 4 is 34.2 Å². The van der Waals surface area contributed by atoms with Crippen molar-refractivity contribution in [3.8, 4) is 0 Å².